The van der Waals surface area contributed by atoms with E-state index in [-0.39, 0.29) is 0 Å². The largest absolute Gasteiger partial charge is 0.258 e. The van der Waals surface area contributed by atoms with Crippen molar-refractivity contribution in [3.05, 3.63) is 58.1 Å². The van der Waals surface area contributed by atoms with Crippen LogP contribution >= 0.6 is 46.7 Å². The maximum absolute atomic E-state index is 6.16. The maximum Gasteiger partial charge on any atom is 0.208 e. The van der Waals surface area contributed by atoms with Crippen LogP contribution in [0.4, 0.5) is 0 Å². The van der Waals surface area contributed by atoms with E-state index in [9.17, 15) is 0 Å². The van der Waals surface area contributed by atoms with Gasteiger partial charge in [-0.15, -0.1) is 16.9 Å². The number of H-pyrrole nitrogens is 1. The predicted molar refractivity (Wildman–Crippen MR) is 104 cm³/mol. The molecule has 0 fully saturated rings. The summed E-state index contributed by atoms with van der Waals surface area (Å²) in [6, 6.07) is 13.7. The van der Waals surface area contributed by atoms with Crippen molar-refractivity contribution in [3.8, 4) is 11.4 Å². The molecule has 24 heavy (non-hydrogen) atoms. The molecule has 2 aromatic carbocycles. The Labute approximate surface area is 159 Å². The zero-order chi connectivity index (χ0) is 16.9. The lowest BCUT2D eigenvalue weighted by molar-refractivity contribution is 0.974. The molecule has 0 saturated heterocycles. The van der Waals surface area contributed by atoms with Crippen molar-refractivity contribution in [1.29, 1.82) is 0 Å². The van der Waals surface area contributed by atoms with Crippen LogP contribution in [0.3, 0.4) is 0 Å². The Hall–Kier alpha value is -1.14. The minimum Gasteiger partial charge on any atom is -0.258 e. The Kier molecular flexibility index (Phi) is 6.11. The van der Waals surface area contributed by atoms with Crippen LogP contribution in [0.25, 0.3) is 11.4 Å². The van der Waals surface area contributed by atoms with E-state index in [4.69, 9.17) is 23.2 Å². The SMILES string of the molecule is Cc1ccc(-c2nc(SCCSc3cc(Cl)ccc3Cl)n[nH]2)cc1. The Morgan fingerprint density at radius 1 is 1.00 bits per heavy atom. The van der Waals surface area contributed by atoms with Gasteiger partial charge in [0.15, 0.2) is 5.82 Å². The molecule has 124 valence electrons. The van der Waals surface area contributed by atoms with Crippen LogP contribution in [-0.4, -0.2) is 26.7 Å². The van der Waals surface area contributed by atoms with Gasteiger partial charge in [-0.3, -0.25) is 5.10 Å². The standard InChI is InChI=1S/C17H15Cl2N3S2/c1-11-2-4-12(5-3-11)16-20-17(22-21-16)24-9-8-23-15-10-13(18)6-7-14(15)19/h2-7,10H,8-9H2,1H3,(H,20,21,22). The van der Waals surface area contributed by atoms with Gasteiger partial charge < -0.3 is 0 Å². The molecule has 0 unspecified atom stereocenters. The molecule has 0 spiro atoms. The van der Waals surface area contributed by atoms with E-state index < -0.39 is 0 Å². The number of rotatable bonds is 6. The molecule has 0 amide bonds. The van der Waals surface area contributed by atoms with E-state index in [1.165, 1.54) is 5.56 Å². The summed E-state index contributed by atoms with van der Waals surface area (Å²) in [5.41, 5.74) is 2.27. The number of hydrogen-bond donors (Lipinski definition) is 1. The number of aryl methyl sites for hydroxylation is 1. The third kappa shape index (κ3) is 4.70. The Balaban J connectivity index is 1.52. The molecule has 0 saturated carbocycles. The summed E-state index contributed by atoms with van der Waals surface area (Å²) in [5.74, 6) is 2.58. The van der Waals surface area contributed by atoms with Gasteiger partial charge in [0.05, 0.1) is 5.02 Å². The Morgan fingerprint density at radius 2 is 1.75 bits per heavy atom. The second-order valence-corrected chi connectivity index (χ2v) is 8.15. The molecule has 0 radical (unpaired) electrons. The Bertz CT molecular complexity index is 819. The van der Waals surface area contributed by atoms with Gasteiger partial charge in [0, 0.05) is 27.0 Å². The van der Waals surface area contributed by atoms with Crippen LogP contribution in [0.5, 0.6) is 0 Å². The molecule has 3 nitrogen and oxygen atoms in total. The smallest absolute Gasteiger partial charge is 0.208 e. The summed E-state index contributed by atoms with van der Waals surface area (Å²) in [7, 11) is 0. The fourth-order valence-electron chi connectivity index (χ4n) is 2.02. The Morgan fingerprint density at radius 3 is 2.54 bits per heavy atom. The number of aromatic amines is 1. The van der Waals surface area contributed by atoms with Gasteiger partial charge in [-0.05, 0) is 25.1 Å². The molecule has 3 aromatic rings. The maximum atomic E-state index is 6.16. The highest BCUT2D eigenvalue weighted by molar-refractivity contribution is 8.02. The summed E-state index contributed by atoms with van der Waals surface area (Å²) in [4.78, 5) is 5.53. The van der Waals surface area contributed by atoms with E-state index in [2.05, 4.69) is 34.2 Å². The van der Waals surface area contributed by atoms with Crippen molar-refractivity contribution < 1.29 is 0 Å². The van der Waals surface area contributed by atoms with Gasteiger partial charge in [0.1, 0.15) is 0 Å². The monoisotopic (exact) mass is 395 g/mol. The van der Waals surface area contributed by atoms with Crippen molar-refractivity contribution in [2.45, 2.75) is 17.0 Å². The number of aromatic nitrogens is 3. The highest BCUT2D eigenvalue weighted by atomic mass is 35.5. The zero-order valence-electron chi connectivity index (χ0n) is 12.9. The predicted octanol–water partition coefficient (Wildman–Crippen LogP) is 5.97. The molecule has 1 aromatic heterocycles. The first kappa shape index (κ1) is 17.7. The first-order valence-electron chi connectivity index (χ1n) is 7.32. The van der Waals surface area contributed by atoms with E-state index in [1.807, 2.05) is 24.3 Å². The van der Waals surface area contributed by atoms with Crippen LogP contribution < -0.4 is 0 Å². The van der Waals surface area contributed by atoms with E-state index in [0.29, 0.717) is 5.02 Å². The average Bonchev–Trinajstić information content (AvgIpc) is 3.04. The average molecular weight is 396 g/mol. The number of hydrogen-bond acceptors (Lipinski definition) is 4. The minimum atomic E-state index is 0.700. The topological polar surface area (TPSA) is 41.6 Å². The van der Waals surface area contributed by atoms with Gasteiger partial charge >= 0.3 is 0 Å². The fourth-order valence-corrected chi connectivity index (χ4v) is 4.29. The van der Waals surface area contributed by atoms with E-state index >= 15 is 0 Å². The lowest BCUT2D eigenvalue weighted by atomic mass is 10.1. The van der Waals surface area contributed by atoms with Gasteiger partial charge in [0.25, 0.3) is 0 Å². The molecule has 1 N–H and O–H groups in total. The molecule has 7 heteroatoms. The number of halogens is 2. The number of nitrogens with zero attached hydrogens (tertiary/aromatic N) is 2. The molecule has 0 aliphatic rings. The number of nitrogens with one attached hydrogen (secondary N) is 1. The third-order valence-corrected chi connectivity index (χ3v) is 6.10. The fraction of sp³-hybridized carbons (Fsp3) is 0.176. The highest BCUT2D eigenvalue weighted by Crippen LogP contribution is 2.30. The number of thioether (sulfide) groups is 2. The zero-order valence-corrected chi connectivity index (χ0v) is 16.1. The van der Waals surface area contributed by atoms with Crippen LogP contribution in [0, 0.1) is 6.92 Å². The molecule has 0 aliphatic carbocycles. The molecular weight excluding hydrogens is 381 g/mol. The van der Waals surface area contributed by atoms with Gasteiger partial charge in [-0.1, -0.05) is 64.8 Å². The molecule has 0 atom stereocenters. The second kappa shape index (κ2) is 8.30. The van der Waals surface area contributed by atoms with Crippen molar-refractivity contribution in [3.63, 3.8) is 0 Å². The first-order valence-corrected chi connectivity index (χ1v) is 10.0. The minimum absolute atomic E-state index is 0.700. The normalized spacial score (nSPS) is 11.0. The van der Waals surface area contributed by atoms with Crippen LogP contribution in [0.2, 0.25) is 10.0 Å². The summed E-state index contributed by atoms with van der Waals surface area (Å²) in [6.07, 6.45) is 0. The summed E-state index contributed by atoms with van der Waals surface area (Å²) >= 11 is 15.5. The molecule has 3 rings (SSSR count). The molecule has 0 bridgehead atoms. The van der Waals surface area contributed by atoms with Gasteiger partial charge in [-0.2, -0.15) is 0 Å². The van der Waals surface area contributed by atoms with Gasteiger partial charge in [-0.25, -0.2) is 4.98 Å². The second-order valence-electron chi connectivity index (χ2n) is 5.10. The third-order valence-electron chi connectivity index (χ3n) is 3.26. The number of benzene rings is 2. The molecule has 1 heterocycles. The van der Waals surface area contributed by atoms with Crippen molar-refractivity contribution in [1.82, 2.24) is 15.2 Å². The quantitative estimate of drug-likeness (QED) is 0.412. The first-order chi connectivity index (χ1) is 11.6. The summed E-state index contributed by atoms with van der Waals surface area (Å²) < 4.78 is 0. The lowest BCUT2D eigenvalue weighted by Crippen LogP contribution is -1.86. The molecular formula is C17H15Cl2N3S2. The summed E-state index contributed by atoms with van der Waals surface area (Å²) in [5, 5.41) is 9.43. The lowest BCUT2D eigenvalue weighted by Gasteiger charge is -2.03. The van der Waals surface area contributed by atoms with E-state index in [1.54, 1.807) is 29.6 Å². The molecule has 0 aliphatic heterocycles. The van der Waals surface area contributed by atoms with Crippen molar-refractivity contribution in [2.75, 3.05) is 11.5 Å². The van der Waals surface area contributed by atoms with Crippen LogP contribution in [-0.2, 0) is 0 Å². The summed E-state index contributed by atoms with van der Waals surface area (Å²) in [6.45, 7) is 2.06. The van der Waals surface area contributed by atoms with Crippen molar-refractivity contribution in [2.24, 2.45) is 0 Å². The van der Waals surface area contributed by atoms with Crippen LogP contribution in [0.15, 0.2) is 52.5 Å². The van der Waals surface area contributed by atoms with E-state index in [0.717, 1.165) is 38.0 Å². The van der Waals surface area contributed by atoms with Crippen LogP contribution in [0.1, 0.15) is 5.56 Å². The highest BCUT2D eigenvalue weighted by Gasteiger charge is 2.07. The van der Waals surface area contributed by atoms with Crippen molar-refractivity contribution >= 4 is 46.7 Å². The van der Waals surface area contributed by atoms with Gasteiger partial charge in [0.2, 0.25) is 5.16 Å².